The monoisotopic (exact) mass is 302 g/mol. The lowest BCUT2D eigenvalue weighted by Gasteiger charge is -2.19. The minimum absolute atomic E-state index is 0.0331. The Morgan fingerprint density at radius 3 is 2.41 bits per heavy atom. The van der Waals surface area contributed by atoms with Gasteiger partial charge in [0.2, 0.25) is 5.85 Å². The molecule has 1 aromatic rings. The number of nitrogens with two attached hydrogens (primary N) is 1. The minimum atomic E-state index is -1.73. The van der Waals surface area contributed by atoms with E-state index in [1.807, 2.05) is 30.3 Å². The number of esters is 2. The zero-order chi connectivity index (χ0) is 15.9. The summed E-state index contributed by atoms with van der Waals surface area (Å²) in [4.78, 5) is 28.3. The number of rotatable bonds is 3. The van der Waals surface area contributed by atoms with Crippen LogP contribution in [0.1, 0.15) is 5.56 Å². The molecule has 7 nitrogen and oxygen atoms in total. The maximum Gasteiger partial charge on any atom is 0.340 e. The molecule has 2 unspecified atom stereocenters. The van der Waals surface area contributed by atoms with E-state index in [0.29, 0.717) is 5.71 Å². The summed E-state index contributed by atoms with van der Waals surface area (Å²) in [5.41, 5.74) is 7.21. The van der Waals surface area contributed by atoms with Crippen molar-refractivity contribution in [2.75, 3.05) is 14.2 Å². The van der Waals surface area contributed by atoms with Gasteiger partial charge < -0.3 is 14.2 Å². The van der Waals surface area contributed by atoms with Gasteiger partial charge in [-0.15, -0.1) is 0 Å². The van der Waals surface area contributed by atoms with Crippen LogP contribution < -0.4 is 5.73 Å². The fourth-order valence-electron chi connectivity index (χ4n) is 2.64. The number of aliphatic imine (C=N–C) groups is 1. The number of hydrogen-bond acceptors (Lipinski definition) is 7. The first-order chi connectivity index (χ1) is 10.5. The lowest BCUT2D eigenvalue weighted by atomic mass is 9.93. The van der Waals surface area contributed by atoms with Gasteiger partial charge in [0, 0.05) is 0 Å². The summed E-state index contributed by atoms with van der Waals surface area (Å²) in [6, 6.07) is 9.15. The molecule has 0 radical (unpaired) electrons. The maximum absolute atomic E-state index is 12.1. The van der Waals surface area contributed by atoms with Crippen LogP contribution in [0, 0.1) is 0 Å². The van der Waals surface area contributed by atoms with Crippen molar-refractivity contribution in [2.24, 2.45) is 10.7 Å². The van der Waals surface area contributed by atoms with Crippen LogP contribution in [0.3, 0.4) is 0 Å². The number of carbonyl (C=O) groups excluding carboxylic acids is 2. The third-order valence-corrected chi connectivity index (χ3v) is 3.59. The highest BCUT2D eigenvalue weighted by molar-refractivity contribution is 6.17. The van der Waals surface area contributed by atoms with Gasteiger partial charge >= 0.3 is 11.9 Å². The van der Waals surface area contributed by atoms with Gasteiger partial charge in [-0.1, -0.05) is 30.3 Å². The van der Waals surface area contributed by atoms with Gasteiger partial charge in [0.05, 0.1) is 25.5 Å². The van der Waals surface area contributed by atoms with E-state index in [-0.39, 0.29) is 11.1 Å². The second-order valence-electron chi connectivity index (χ2n) is 4.83. The highest BCUT2D eigenvalue weighted by Gasteiger charge is 2.57. The molecule has 0 aliphatic carbocycles. The summed E-state index contributed by atoms with van der Waals surface area (Å²) in [6.45, 7) is 0. The molecule has 0 spiro atoms. The third-order valence-electron chi connectivity index (χ3n) is 3.59. The molecule has 0 aromatic heterocycles. The number of nitrogens with zero attached hydrogens (tertiary/aromatic N) is 1. The van der Waals surface area contributed by atoms with Gasteiger partial charge in [-0.3, -0.25) is 5.73 Å². The fourth-order valence-corrected chi connectivity index (χ4v) is 2.64. The highest BCUT2D eigenvalue weighted by atomic mass is 16.6. The van der Waals surface area contributed by atoms with Gasteiger partial charge in [0.25, 0.3) is 0 Å². The van der Waals surface area contributed by atoms with Crippen LogP contribution in [0.25, 0.3) is 0 Å². The summed E-state index contributed by atoms with van der Waals surface area (Å²) in [5.74, 6) is -3.19. The number of fused-ring (bicyclic) bond motifs is 2. The van der Waals surface area contributed by atoms with Crippen LogP contribution in [0.4, 0.5) is 0 Å². The van der Waals surface area contributed by atoms with Gasteiger partial charge in [-0.25, -0.2) is 14.6 Å². The molecule has 2 aliphatic heterocycles. The molecule has 0 fully saturated rings. The summed E-state index contributed by atoms with van der Waals surface area (Å²) in [7, 11) is 2.42. The van der Waals surface area contributed by atoms with Crippen LogP contribution in [-0.4, -0.2) is 43.8 Å². The SMILES string of the molecule is COC(=O)C1=C(C(=O)OC)C2(N)N=C(c3ccccc3)C1O2. The molecule has 114 valence electrons. The number of benzene rings is 1. The van der Waals surface area contributed by atoms with Crippen molar-refractivity contribution in [1.82, 2.24) is 0 Å². The van der Waals surface area contributed by atoms with Crippen molar-refractivity contribution in [3.8, 4) is 0 Å². The standard InChI is InChI=1S/C15H14N2O5/c1-20-13(18)9-10(14(19)21-2)15(16)17-11(12(9)22-15)8-6-4-3-5-7-8/h3-7,12H,16H2,1-2H3. The van der Waals surface area contributed by atoms with E-state index >= 15 is 0 Å². The van der Waals surface area contributed by atoms with Crippen molar-refractivity contribution >= 4 is 17.7 Å². The molecule has 3 rings (SSSR count). The molecule has 2 bridgehead atoms. The smallest absolute Gasteiger partial charge is 0.340 e. The lowest BCUT2D eigenvalue weighted by Crippen LogP contribution is -2.41. The van der Waals surface area contributed by atoms with Crippen molar-refractivity contribution < 1.29 is 23.8 Å². The van der Waals surface area contributed by atoms with E-state index < -0.39 is 23.9 Å². The van der Waals surface area contributed by atoms with E-state index in [9.17, 15) is 9.59 Å². The molecule has 0 saturated heterocycles. The second kappa shape index (κ2) is 5.04. The molecule has 22 heavy (non-hydrogen) atoms. The molecule has 2 atom stereocenters. The largest absolute Gasteiger partial charge is 0.466 e. The lowest BCUT2D eigenvalue weighted by molar-refractivity contribution is -0.139. The Kier molecular flexibility index (Phi) is 3.31. The summed E-state index contributed by atoms with van der Waals surface area (Å²) in [5, 5.41) is 0. The first-order valence-corrected chi connectivity index (χ1v) is 6.55. The number of carbonyl (C=O) groups is 2. The van der Waals surface area contributed by atoms with Gasteiger partial charge in [-0.05, 0) is 5.56 Å². The number of hydrogen-bond donors (Lipinski definition) is 1. The highest BCUT2D eigenvalue weighted by Crippen LogP contribution is 2.42. The van der Waals surface area contributed by atoms with Crippen molar-refractivity contribution in [1.29, 1.82) is 0 Å². The first kappa shape index (κ1) is 14.4. The molecular formula is C15H14N2O5. The Balaban J connectivity index is 2.12. The number of dihydropyridines is 1. The van der Waals surface area contributed by atoms with Crippen molar-refractivity contribution in [3.05, 3.63) is 47.0 Å². The number of methoxy groups -OCH3 is 2. The van der Waals surface area contributed by atoms with Crippen molar-refractivity contribution in [2.45, 2.75) is 12.0 Å². The Morgan fingerprint density at radius 1 is 1.18 bits per heavy atom. The van der Waals surface area contributed by atoms with Gasteiger partial charge in [0.15, 0.2) is 0 Å². The maximum atomic E-state index is 12.1. The Labute approximate surface area is 126 Å². The zero-order valence-electron chi connectivity index (χ0n) is 12.0. The predicted octanol–water partition coefficient (Wildman–Crippen LogP) is 0.143. The average Bonchev–Trinajstić information content (AvgIpc) is 3.04. The first-order valence-electron chi connectivity index (χ1n) is 6.55. The van der Waals surface area contributed by atoms with Gasteiger partial charge in [-0.2, -0.15) is 0 Å². The van der Waals surface area contributed by atoms with E-state index in [0.717, 1.165) is 5.56 Å². The molecule has 2 N–H and O–H groups in total. The van der Waals surface area contributed by atoms with E-state index in [1.165, 1.54) is 14.2 Å². The molecule has 0 amide bonds. The van der Waals surface area contributed by atoms with Gasteiger partial charge in [0.1, 0.15) is 11.7 Å². The van der Waals surface area contributed by atoms with Crippen LogP contribution >= 0.6 is 0 Å². The molecule has 2 heterocycles. The van der Waals surface area contributed by atoms with E-state index in [2.05, 4.69) is 9.73 Å². The van der Waals surface area contributed by atoms with Crippen LogP contribution in [-0.2, 0) is 23.8 Å². The van der Waals surface area contributed by atoms with E-state index in [4.69, 9.17) is 15.2 Å². The molecule has 1 aromatic carbocycles. The summed E-state index contributed by atoms with van der Waals surface area (Å²) in [6.07, 6.45) is -0.853. The summed E-state index contributed by atoms with van der Waals surface area (Å²) >= 11 is 0. The Bertz CT molecular complexity index is 710. The molecule has 0 saturated carbocycles. The predicted molar refractivity (Wildman–Crippen MR) is 75.8 cm³/mol. The van der Waals surface area contributed by atoms with Crippen molar-refractivity contribution in [3.63, 3.8) is 0 Å². The second-order valence-corrected chi connectivity index (χ2v) is 4.83. The normalized spacial score (nSPS) is 26.0. The quantitative estimate of drug-likeness (QED) is 0.797. The van der Waals surface area contributed by atoms with E-state index in [1.54, 1.807) is 0 Å². The fraction of sp³-hybridized carbons (Fsp3) is 0.267. The molecule has 2 aliphatic rings. The minimum Gasteiger partial charge on any atom is -0.466 e. The zero-order valence-corrected chi connectivity index (χ0v) is 12.0. The third kappa shape index (κ3) is 1.94. The van der Waals surface area contributed by atoms with Crippen LogP contribution in [0.5, 0.6) is 0 Å². The summed E-state index contributed by atoms with van der Waals surface area (Å²) < 4.78 is 15.0. The molecule has 7 heteroatoms. The molecular weight excluding hydrogens is 288 g/mol. The Morgan fingerprint density at radius 2 is 1.82 bits per heavy atom. The number of ether oxygens (including phenoxy) is 3. The van der Waals surface area contributed by atoms with Crippen LogP contribution in [0.2, 0.25) is 0 Å². The van der Waals surface area contributed by atoms with Crippen LogP contribution in [0.15, 0.2) is 46.5 Å². The average molecular weight is 302 g/mol. The Hall–Kier alpha value is -2.51. The topological polar surface area (TPSA) is 100 Å².